The minimum Gasteiger partial charge on any atom is -0.370 e. The van der Waals surface area contributed by atoms with Gasteiger partial charge in [0.15, 0.2) is 0 Å². The van der Waals surface area contributed by atoms with E-state index in [9.17, 15) is 0 Å². The van der Waals surface area contributed by atoms with Crippen molar-refractivity contribution in [2.24, 2.45) is 5.73 Å². The molecular formula is C19H37N3. The molecule has 3 N–H and O–H groups in total. The molecular weight excluding hydrogens is 270 g/mol. The van der Waals surface area contributed by atoms with Crippen molar-refractivity contribution in [1.82, 2.24) is 10.2 Å². The molecule has 0 aliphatic carbocycles. The molecule has 1 aliphatic heterocycles. The Morgan fingerprint density at radius 1 is 1.05 bits per heavy atom. The summed E-state index contributed by atoms with van der Waals surface area (Å²) in [6, 6.07) is 0. The molecule has 0 aromatic carbocycles. The number of hydrogen-bond donors (Lipinski definition) is 2. The molecule has 0 aromatic rings. The third kappa shape index (κ3) is 8.47. The smallest absolute Gasteiger partial charge is 0.0995 e. The van der Waals surface area contributed by atoms with Crippen LogP contribution in [0.3, 0.4) is 0 Å². The summed E-state index contributed by atoms with van der Waals surface area (Å²) < 4.78 is 0. The highest BCUT2D eigenvalue weighted by Crippen LogP contribution is 2.15. The molecule has 0 spiro atoms. The SMILES string of the molecule is CCCC/C=C/CCCCCCCCC1NC=CN1C(C)N. The molecule has 22 heavy (non-hydrogen) atoms. The molecule has 128 valence electrons. The van der Waals surface area contributed by atoms with Crippen molar-refractivity contribution < 1.29 is 0 Å². The Hall–Kier alpha value is -0.960. The summed E-state index contributed by atoms with van der Waals surface area (Å²) in [4.78, 5) is 2.21. The second-order valence-corrected chi connectivity index (χ2v) is 6.50. The van der Waals surface area contributed by atoms with E-state index in [1.165, 1.54) is 70.6 Å². The second-order valence-electron chi connectivity index (χ2n) is 6.50. The summed E-state index contributed by atoms with van der Waals surface area (Å²) in [5, 5.41) is 3.39. The number of allylic oxidation sites excluding steroid dienone is 2. The first-order valence-corrected chi connectivity index (χ1v) is 9.36. The van der Waals surface area contributed by atoms with Crippen LogP contribution in [0.15, 0.2) is 24.6 Å². The molecule has 1 rings (SSSR count). The summed E-state index contributed by atoms with van der Waals surface area (Å²) in [6.07, 6.45) is 23.8. The highest BCUT2D eigenvalue weighted by molar-refractivity contribution is 4.95. The van der Waals surface area contributed by atoms with Gasteiger partial charge in [-0.05, 0) is 39.0 Å². The number of hydrogen-bond acceptors (Lipinski definition) is 3. The van der Waals surface area contributed by atoms with Crippen LogP contribution in [0.5, 0.6) is 0 Å². The van der Waals surface area contributed by atoms with E-state index >= 15 is 0 Å². The standard InChI is InChI=1S/C19H37N3/c1-3-4-5-6-7-8-9-10-11-12-13-14-15-19-21-16-17-22(19)18(2)20/h6-7,16-19,21H,3-5,8-15,20H2,1-2H3/b7-6+. The zero-order valence-corrected chi connectivity index (χ0v) is 14.8. The lowest BCUT2D eigenvalue weighted by molar-refractivity contribution is 0.208. The Balaban J connectivity index is 1.87. The van der Waals surface area contributed by atoms with E-state index in [2.05, 4.69) is 35.5 Å². The fourth-order valence-corrected chi connectivity index (χ4v) is 2.95. The molecule has 1 aliphatic rings. The number of unbranched alkanes of at least 4 members (excludes halogenated alkanes) is 8. The van der Waals surface area contributed by atoms with Crippen molar-refractivity contribution in [1.29, 1.82) is 0 Å². The molecule has 2 atom stereocenters. The van der Waals surface area contributed by atoms with Crippen LogP contribution < -0.4 is 11.1 Å². The van der Waals surface area contributed by atoms with Crippen LogP contribution in [-0.2, 0) is 0 Å². The molecule has 0 aromatic heterocycles. The Labute approximate surface area is 138 Å². The first-order valence-electron chi connectivity index (χ1n) is 9.36. The average Bonchev–Trinajstić information content (AvgIpc) is 2.97. The molecule has 0 bridgehead atoms. The quantitative estimate of drug-likeness (QED) is 0.377. The van der Waals surface area contributed by atoms with Gasteiger partial charge >= 0.3 is 0 Å². The predicted octanol–water partition coefficient (Wildman–Crippen LogP) is 4.86. The molecule has 0 amide bonds. The number of rotatable bonds is 13. The average molecular weight is 308 g/mol. The van der Waals surface area contributed by atoms with Crippen molar-refractivity contribution in [2.75, 3.05) is 0 Å². The minimum atomic E-state index is 0.0987. The Kier molecular flexibility index (Phi) is 10.9. The van der Waals surface area contributed by atoms with Crippen LogP contribution in [-0.4, -0.2) is 17.2 Å². The Morgan fingerprint density at radius 3 is 2.36 bits per heavy atom. The Bertz CT molecular complexity index is 310. The summed E-state index contributed by atoms with van der Waals surface area (Å²) in [6.45, 7) is 4.29. The maximum absolute atomic E-state index is 5.95. The van der Waals surface area contributed by atoms with Gasteiger partial charge in [-0.25, -0.2) is 0 Å². The number of nitrogens with two attached hydrogens (primary N) is 1. The summed E-state index contributed by atoms with van der Waals surface area (Å²) in [5.74, 6) is 0. The topological polar surface area (TPSA) is 41.3 Å². The zero-order chi connectivity index (χ0) is 16.0. The van der Waals surface area contributed by atoms with Crippen molar-refractivity contribution >= 4 is 0 Å². The lowest BCUT2D eigenvalue weighted by Crippen LogP contribution is -2.44. The van der Waals surface area contributed by atoms with Crippen molar-refractivity contribution in [3.8, 4) is 0 Å². The van der Waals surface area contributed by atoms with Crippen molar-refractivity contribution in [3.63, 3.8) is 0 Å². The zero-order valence-electron chi connectivity index (χ0n) is 14.8. The molecule has 1 heterocycles. The molecule has 0 saturated heterocycles. The fraction of sp³-hybridized carbons (Fsp3) is 0.789. The van der Waals surface area contributed by atoms with E-state index in [1.807, 2.05) is 13.1 Å². The van der Waals surface area contributed by atoms with Gasteiger partial charge in [0, 0.05) is 12.4 Å². The van der Waals surface area contributed by atoms with E-state index in [-0.39, 0.29) is 6.17 Å². The van der Waals surface area contributed by atoms with Crippen molar-refractivity contribution in [2.45, 2.75) is 96.8 Å². The molecule has 2 unspecified atom stereocenters. The van der Waals surface area contributed by atoms with Crippen molar-refractivity contribution in [3.05, 3.63) is 24.6 Å². The maximum Gasteiger partial charge on any atom is 0.0995 e. The van der Waals surface area contributed by atoms with Gasteiger partial charge in [0.2, 0.25) is 0 Å². The third-order valence-electron chi connectivity index (χ3n) is 4.35. The van der Waals surface area contributed by atoms with Gasteiger partial charge in [-0.2, -0.15) is 0 Å². The monoisotopic (exact) mass is 307 g/mol. The third-order valence-corrected chi connectivity index (χ3v) is 4.35. The molecule has 3 nitrogen and oxygen atoms in total. The summed E-state index contributed by atoms with van der Waals surface area (Å²) >= 11 is 0. The van der Waals surface area contributed by atoms with Gasteiger partial charge in [-0.1, -0.05) is 57.6 Å². The van der Waals surface area contributed by atoms with Crippen LogP contribution in [0.4, 0.5) is 0 Å². The van der Waals surface area contributed by atoms with Crippen LogP contribution in [0.1, 0.15) is 84.5 Å². The fourth-order valence-electron chi connectivity index (χ4n) is 2.95. The second kappa shape index (κ2) is 12.6. The van der Waals surface area contributed by atoms with E-state index in [0.29, 0.717) is 6.17 Å². The van der Waals surface area contributed by atoms with Gasteiger partial charge in [0.05, 0.1) is 12.3 Å². The first-order chi connectivity index (χ1) is 10.8. The largest absolute Gasteiger partial charge is 0.370 e. The normalized spacial score (nSPS) is 19.0. The molecule has 0 radical (unpaired) electrons. The highest BCUT2D eigenvalue weighted by Gasteiger charge is 2.20. The molecule has 3 heteroatoms. The van der Waals surface area contributed by atoms with Gasteiger partial charge in [0.25, 0.3) is 0 Å². The van der Waals surface area contributed by atoms with E-state index < -0.39 is 0 Å². The maximum atomic E-state index is 5.95. The highest BCUT2D eigenvalue weighted by atomic mass is 15.3. The number of nitrogens with one attached hydrogen (secondary N) is 1. The lowest BCUT2D eigenvalue weighted by atomic mass is 10.1. The summed E-state index contributed by atoms with van der Waals surface area (Å²) in [5.41, 5.74) is 5.95. The molecule has 0 fully saturated rings. The van der Waals surface area contributed by atoms with E-state index in [4.69, 9.17) is 5.73 Å². The van der Waals surface area contributed by atoms with Gasteiger partial charge in [0.1, 0.15) is 0 Å². The first kappa shape index (κ1) is 19.1. The number of nitrogens with zero attached hydrogens (tertiary/aromatic N) is 1. The van der Waals surface area contributed by atoms with Crippen LogP contribution >= 0.6 is 0 Å². The predicted molar refractivity (Wildman–Crippen MR) is 97.2 cm³/mol. The van der Waals surface area contributed by atoms with Gasteiger partial charge in [-0.15, -0.1) is 0 Å². The summed E-state index contributed by atoms with van der Waals surface area (Å²) in [7, 11) is 0. The Morgan fingerprint density at radius 2 is 1.68 bits per heavy atom. The van der Waals surface area contributed by atoms with E-state index in [1.54, 1.807) is 0 Å². The van der Waals surface area contributed by atoms with Gasteiger partial charge in [-0.3, -0.25) is 0 Å². The molecule has 0 saturated carbocycles. The minimum absolute atomic E-state index is 0.0987. The lowest BCUT2D eigenvalue weighted by Gasteiger charge is -2.28. The van der Waals surface area contributed by atoms with Gasteiger partial charge < -0.3 is 16.0 Å². The van der Waals surface area contributed by atoms with Crippen LogP contribution in [0.25, 0.3) is 0 Å². The van der Waals surface area contributed by atoms with E-state index in [0.717, 1.165) is 0 Å². The van der Waals surface area contributed by atoms with Crippen LogP contribution in [0.2, 0.25) is 0 Å². The van der Waals surface area contributed by atoms with Crippen LogP contribution in [0, 0.1) is 0 Å².